The molecular formula is C19H23N3O9S3. The lowest BCUT2D eigenvalue weighted by Crippen LogP contribution is -2.33. The number of rotatable bonds is 9. The van der Waals surface area contributed by atoms with Gasteiger partial charge < -0.3 is 14.9 Å². The number of ether oxygens (including phenoxy) is 1. The Bertz CT molecular complexity index is 1290. The van der Waals surface area contributed by atoms with Gasteiger partial charge in [0, 0.05) is 11.6 Å². The molecule has 2 heterocycles. The minimum Gasteiger partial charge on any atom is -0.444 e. The molecular weight excluding hydrogens is 510 g/mol. The van der Waals surface area contributed by atoms with Crippen LogP contribution in [0, 0.1) is 10.1 Å². The van der Waals surface area contributed by atoms with E-state index in [1.54, 1.807) is 29.8 Å². The van der Waals surface area contributed by atoms with E-state index in [-0.39, 0.29) is 27.7 Å². The van der Waals surface area contributed by atoms with Gasteiger partial charge in [0.2, 0.25) is 0 Å². The number of sulfone groups is 1. The van der Waals surface area contributed by atoms with Gasteiger partial charge in [0.1, 0.15) is 21.6 Å². The minimum absolute atomic E-state index is 0.0364. The third-order valence-electron chi connectivity index (χ3n) is 5.17. The molecule has 186 valence electrons. The predicted octanol–water partition coefficient (Wildman–Crippen LogP) is 2.29. The van der Waals surface area contributed by atoms with Crippen LogP contribution in [-0.4, -0.2) is 39.8 Å². The second-order valence-corrected chi connectivity index (χ2v) is 13.0. The van der Waals surface area contributed by atoms with Crippen molar-refractivity contribution >= 4 is 37.3 Å². The molecule has 34 heavy (non-hydrogen) atoms. The first-order chi connectivity index (χ1) is 16.0. The van der Waals surface area contributed by atoms with E-state index in [1.165, 1.54) is 12.1 Å². The number of benzene rings is 1. The smallest absolute Gasteiger partial charge is 0.421 e. The molecule has 0 bridgehead atoms. The number of thiophene rings is 1. The van der Waals surface area contributed by atoms with Gasteiger partial charge >= 0.3 is 6.09 Å². The van der Waals surface area contributed by atoms with E-state index in [9.17, 15) is 31.7 Å². The lowest BCUT2D eigenvalue weighted by Gasteiger charge is -2.27. The first-order valence-electron chi connectivity index (χ1n) is 10.1. The van der Waals surface area contributed by atoms with Crippen LogP contribution in [0.4, 0.5) is 4.79 Å². The van der Waals surface area contributed by atoms with E-state index in [1.807, 2.05) is 6.92 Å². The van der Waals surface area contributed by atoms with Gasteiger partial charge in [0.15, 0.2) is 9.84 Å². The summed E-state index contributed by atoms with van der Waals surface area (Å²) in [5, 5.41) is 11.9. The molecule has 1 unspecified atom stereocenters. The average Bonchev–Trinajstić information content (AvgIpc) is 3.23. The zero-order valence-electron chi connectivity index (χ0n) is 18.2. The number of hydrogen-bond acceptors (Lipinski definition) is 11. The van der Waals surface area contributed by atoms with Gasteiger partial charge in [-0.2, -0.15) is 0 Å². The fourth-order valence-electron chi connectivity index (χ4n) is 3.47. The van der Waals surface area contributed by atoms with Crippen molar-refractivity contribution in [3.8, 4) is 0 Å². The molecule has 1 aromatic carbocycles. The zero-order valence-corrected chi connectivity index (χ0v) is 20.7. The van der Waals surface area contributed by atoms with Crippen LogP contribution < -0.4 is 10.0 Å². The van der Waals surface area contributed by atoms with Crippen LogP contribution >= 0.6 is 11.3 Å². The van der Waals surface area contributed by atoms with Crippen molar-refractivity contribution in [1.29, 1.82) is 0 Å². The van der Waals surface area contributed by atoms with Crippen molar-refractivity contribution < 1.29 is 36.3 Å². The van der Waals surface area contributed by atoms with E-state index in [2.05, 4.69) is 10.2 Å². The summed E-state index contributed by atoms with van der Waals surface area (Å²) in [5.74, 6) is 0. The largest absolute Gasteiger partial charge is 0.444 e. The summed E-state index contributed by atoms with van der Waals surface area (Å²) >= 11 is 0.584. The van der Waals surface area contributed by atoms with Crippen molar-refractivity contribution in [2.24, 2.45) is 0 Å². The van der Waals surface area contributed by atoms with Gasteiger partial charge in [0.25, 0.3) is 15.1 Å². The molecule has 15 heteroatoms. The van der Waals surface area contributed by atoms with E-state index >= 15 is 0 Å². The quantitative estimate of drug-likeness (QED) is 0.360. The maximum atomic E-state index is 12.8. The maximum absolute atomic E-state index is 12.8. The number of nitrogens with zero attached hydrogens (tertiary/aromatic N) is 1. The maximum Gasteiger partial charge on any atom is 0.421 e. The van der Waals surface area contributed by atoms with Crippen molar-refractivity contribution in [2.75, 3.05) is 6.54 Å². The Morgan fingerprint density at radius 2 is 1.91 bits per heavy atom. The van der Waals surface area contributed by atoms with Crippen LogP contribution in [0.25, 0.3) is 0 Å². The summed E-state index contributed by atoms with van der Waals surface area (Å²) < 4.78 is 57.4. The molecule has 2 N–H and O–H groups in total. The molecule has 0 saturated heterocycles. The highest BCUT2D eigenvalue weighted by Crippen LogP contribution is 2.42. The third-order valence-corrected chi connectivity index (χ3v) is 10.9. The van der Waals surface area contributed by atoms with Crippen LogP contribution in [0.15, 0.2) is 38.8 Å². The highest BCUT2D eigenvalue weighted by molar-refractivity contribution is 7.95. The van der Waals surface area contributed by atoms with Gasteiger partial charge in [0.05, 0.1) is 5.25 Å². The summed E-state index contributed by atoms with van der Waals surface area (Å²) in [6, 6.07) is 7.23. The normalized spacial score (nSPS) is 19.1. The van der Waals surface area contributed by atoms with Crippen LogP contribution in [-0.2, 0) is 42.6 Å². The molecule has 1 aliphatic heterocycles. The summed E-state index contributed by atoms with van der Waals surface area (Å²) in [6.07, 6.45) is -0.982. The van der Waals surface area contributed by atoms with Crippen molar-refractivity contribution in [3.05, 3.63) is 57.1 Å². The second kappa shape index (κ2) is 10.2. The van der Waals surface area contributed by atoms with Crippen LogP contribution in [0.1, 0.15) is 43.0 Å². The Labute approximate surface area is 200 Å². The molecule has 0 saturated carbocycles. The predicted molar refractivity (Wildman–Crippen MR) is 121 cm³/mol. The van der Waals surface area contributed by atoms with Crippen LogP contribution in [0.5, 0.6) is 0 Å². The van der Waals surface area contributed by atoms with Gasteiger partial charge in [-0.1, -0.05) is 31.2 Å². The SMILES string of the molecule is CCN[C@H]1CC(C)S(=O)(=O)c2sc(S(=O)(=O)NC(=O)OCc3ccccc3CO[N+](=O)[O-])cc21. The van der Waals surface area contributed by atoms with Gasteiger partial charge in [-0.15, -0.1) is 21.5 Å². The van der Waals surface area contributed by atoms with Crippen LogP contribution in [0.3, 0.4) is 0 Å². The van der Waals surface area contributed by atoms with Crippen LogP contribution in [0.2, 0.25) is 0 Å². The highest BCUT2D eigenvalue weighted by Gasteiger charge is 2.39. The van der Waals surface area contributed by atoms with E-state index in [4.69, 9.17) is 4.74 Å². The standard InChI is InChI=1S/C19H23N3O9S3/c1-3-20-16-8-12(2)33(26,27)18-15(16)9-17(32-18)34(28,29)21-19(23)30-10-13-6-4-5-7-14(13)11-31-22(24)25/h4-7,9,12,16,20H,3,8,10-11H2,1-2H3,(H,21,23)/t12?,16-/m0/s1. The molecule has 0 spiro atoms. The van der Waals surface area contributed by atoms with Crippen molar-refractivity contribution in [2.45, 2.75) is 53.2 Å². The van der Waals surface area contributed by atoms with Gasteiger partial charge in [-0.25, -0.2) is 26.4 Å². The molecule has 1 aromatic heterocycles. The summed E-state index contributed by atoms with van der Waals surface area (Å²) in [5.41, 5.74) is 1.13. The van der Waals surface area contributed by atoms with Gasteiger partial charge in [-0.3, -0.25) is 0 Å². The summed E-state index contributed by atoms with van der Waals surface area (Å²) in [4.78, 5) is 26.9. The third kappa shape index (κ3) is 5.65. The molecule has 1 amide bonds. The van der Waals surface area contributed by atoms with Crippen molar-refractivity contribution in [3.63, 3.8) is 0 Å². The van der Waals surface area contributed by atoms with Gasteiger partial charge in [-0.05, 0) is 37.1 Å². The molecule has 1 aliphatic rings. The van der Waals surface area contributed by atoms with Crippen molar-refractivity contribution in [1.82, 2.24) is 10.0 Å². The minimum atomic E-state index is -4.41. The Balaban J connectivity index is 1.75. The first-order valence-corrected chi connectivity index (χ1v) is 13.9. The molecule has 2 atom stereocenters. The summed E-state index contributed by atoms with van der Waals surface area (Å²) in [6.45, 7) is 3.26. The topological polar surface area (TPSA) is 171 Å². The first kappa shape index (κ1) is 25.9. The molecule has 12 nitrogen and oxygen atoms in total. The number of sulfonamides is 1. The lowest BCUT2D eigenvalue weighted by atomic mass is 10.1. The number of carbonyl (C=O) groups is 1. The molecule has 3 rings (SSSR count). The average molecular weight is 534 g/mol. The molecule has 0 radical (unpaired) electrons. The zero-order chi connectivity index (χ0) is 25.1. The number of hydrogen-bond donors (Lipinski definition) is 2. The monoisotopic (exact) mass is 533 g/mol. The number of nitrogens with one attached hydrogen (secondary N) is 2. The Hall–Kier alpha value is -2.75. The number of carbonyl (C=O) groups excluding carboxylic acids is 1. The fraction of sp³-hybridized carbons (Fsp3) is 0.421. The van der Waals surface area contributed by atoms with E-state index in [0.29, 0.717) is 41.0 Å². The Kier molecular flexibility index (Phi) is 7.80. The van der Waals surface area contributed by atoms with E-state index in [0.717, 1.165) is 0 Å². The lowest BCUT2D eigenvalue weighted by molar-refractivity contribution is -0.763. The van der Waals surface area contributed by atoms with E-state index < -0.39 is 36.3 Å². The number of amides is 1. The highest BCUT2D eigenvalue weighted by atomic mass is 32.3. The number of fused-ring (bicyclic) bond motifs is 1. The Morgan fingerprint density at radius 3 is 2.53 bits per heavy atom. The Morgan fingerprint density at radius 1 is 1.26 bits per heavy atom. The second-order valence-electron chi connectivity index (χ2n) is 7.46. The fourth-order valence-corrected chi connectivity index (χ4v) is 8.35. The molecule has 0 fully saturated rings. The molecule has 0 aliphatic carbocycles. The molecule has 2 aromatic rings. The summed E-state index contributed by atoms with van der Waals surface area (Å²) in [7, 11) is -8.10.